The van der Waals surface area contributed by atoms with Crippen LogP contribution in [0.1, 0.15) is 27.2 Å². The van der Waals surface area contributed by atoms with Crippen LogP contribution in [0.25, 0.3) is 0 Å². The molecule has 0 amide bonds. The molecule has 0 rings (SSSR count). The van der Waals surface area contributed by atoms with Gasteiger partial charge in [-0.1, -0.05) is 36.7 Å². The summed E-state index contributed by atoms with van der Waals surface area (Å²) in [6, 6.07) is 0. The molecule has 0 bridgehead atoms. The molecule has 2 radical (unpaired) electrons. The van der Waals surface area contributed by atoms with E-state index in [1.54, 1.807) is 0 Å². The maximum atomic E-state index is 5.44. The molecule has 0 aromatic rings. The fourth-order valence-electron chi connectivity index (χ4n) is 0.394. The van der Waals surface area contributed by atoms with Gasteiger partial charge in [-0.05, 0) is 11.5 Å². The van der Waals surface area contributed by atoms with Crippen molar-refractivity contribution in [2.45, 2.75) is 32.2 Å². The van der Waals surface area contributed by atoms with Crippen LogP contribution in [0, 0.1) is 0 Å². The van der Waals surface area contributed by atoms with Gasteiger partial charge >= 0.3 is 0 Å². The Bertz CT molecular complexity index is 80.2. The standard InChI is InChI=1S/C7H15BrOSi/c1-7(2,3)10-9-6-4-5-8/h4-6H2,1-3H3. The lowest BCUT2D eigenvalue weighted by molar-refractivity contribution is 0.322. The maximum absolute atomic E-state index is 5.44. The van der Waals surface area contributed by atoms with Gasteiger partial charge in [0.1, 0.15) is 0 Å². The zero-order valence-corrected chi connectivity index (χ0v) is 9.49. The van der Waals surface area contributed by atoms with Crippen molar-refractivity contribution in [3.05, 3.63) is 0 Å². The summed E-state index contributed by atoms with van der Waals surface area (Å²) in [6.07, 6.45) is 1.11. The second kappa shape index (κ2) is 5.33. The van der Waals surface area contributed by atoms with Crippen molar-refractivity contribution >= 4 is 25.7 Å². The Kier molecular flexibility index (Phi) is 5.68. The molecule has 0 saturated carbocycles. The lowest BCUT2D eigenvalue weighted by Gasteiger charge is -2.15. The molecule has 0 fully saturated rings. The molecule has 0 unspecified atom stereocenters. The van der Waals surface area contributed by atoms with E-state index in [-0.39, 0.29) is 0 Å². The number of rotatable bonds is 4. The highest BCUT2D eigenvalue weighted by Crippen LogP contribution is 2.19. The van der Waals surface area contributed by atoms with Crippen LogP contribution < -0.4 is 0 Å². The Morgan fingerprint density at radius 3 is 2.40 bits per heavy atom. The third-order valence-corrected chi connectivity index (χ3v) is 2.28. The summed E-state index contributed by atoms with van der Waals surface area (Å²) < 4.78 is 5.44. The fourth-order valence-corrected chi connectivity index (χ4v) is 1.30. The molecule has 0 aromatic heterocycles. The second-order valence-electron chi connectivity index (χ2n) is 3.24. The monoisotopic (exact) mass is 222 g/mol. The number of alkyl halides is 1. The predicted octanol–water partition coefficient (Wildman–Crippen LogP) is 2.63. The summed E-state index contributed by atoms with van der Waals surface area (Å²) in [5.74, 6) is 0. The SMILES string of the molecule is CC(C)(C)[Si]OCCCBr. The van der Waals surface area contributed by atoms with E-state index in [2.05, 4.69) is 36.7 Å². The molecular formula is C7H15BrOSi. The molecule has 0 aliphatic carbocycles. The summed E-state index contributed by atoms with van der Waals surface area (Å²) in [5, 5.41) is 1.38. The van der Waals surface area contributed by atoms with Crippen LogP contribution in [-0.4, -0.2) is 21.7 Å². The van der Waals surface area contributed by atoms with E-state index in [0.717, 1.165) is 18.4 Å². The van der Waals surface area contributed by atoms with Crippen LogP contribution in [0.15, 0.2) is 0 Å². The lowest BCUT2D eigenvalue weighted by Crippen LogP contribution is -2.13. The van der Waals surface area contributed by atoms with Gasteiger partial charge in [0.15, 0.2) is 0 Å². The molecule has 1 nitrogen and oxygen atoms in total. The largest absolute Gasteiger partial charge is 0.417 e. The minimum absolute atomic E-state index is 0.340. The fraction of sp³-hybridized carbons (Fsp3) is 1.00. The zero-order valence-electron chi connectivity index (χ0n) is 6.91. The molecule has 60 valence electrons. The van der Waals surface area contributed by atoms with Crippen LogP contribution in [0.5, 0.6) is 0 Å². The summed E-state index contributed by atoms with van der Waals surface area (Å²) in [6.45, 7) is 7.47. The first kappa shape index (κ1) is 10.7. The van der Waals surface area contributed by atoms with E-state index < -0.39 is 0 Å². The van der Waals surface area contributed by atoms with Gasteiger partial charge < -0.3 is 4.43 Å². The first-order chi connectivity index (χ1) is 4.56. The molecule has 0 atom stereocenters. The van der Waals surface area contributed by atoms with Crippen LogP contribution in [0.3, 0.4) is 0 Å². The first-order valence-electron chi connectivity index (χ1n) is 3.51. The third-order valence-electron chi connectivity index (χ3n) is 0.758. The van der Waals surface area contributed by atoms with E-state index in [1.807, 2.05) is 0 Å². The quantitative estimate of drug-likeness (QED) is 0.404. The molecular weight excluding hydrogens is 208 g/mol. The van der Waals surface area contributed by atoms with Crippen molar-refractivity contribution in [1.29, 1.82) is 0 Å². The summed E-state index contributed by atoms with van der Waals surface area (Å²) in [4.78, 5) is 0. The molecule has 0 aliphatic rings. The van der Waals surface area contributed by atoms with Gasteiger partial charge in [-0.15, -0.1) is 0 Å². The van der Waals surface area contributed by atoms with Gasteiger partial charge in [-0.2, -0.15) is 0 Å². The van der Waals surface area contributed by atoms with Gasteiger partial charge in [-0.25, -0.2) is 0 Å². The molecule has 0 N–H and O–H groups in total. The highest BCUT2D eigenvalue weighted by Gasteiger charge is 2.12. The number of hydrogen-bond donors (Lipinski definition) is 0. The number of halogens is 1. The second-order valence-corrected chi connectivity index (χ2v) is 6.03. The van der Waals surface area contributed by atoms with Crippen molar-refractivity contribution in [2.75, 3.05) is 11.9 Å². The molecule has 10 heavy (non-hydrogen) atoms. The average Bonchev–Trinajstić information content (AvgIpc) is 1.78. The Hall–Kier alpha value is 0.657. The minimum atomic E-state index is 0.340. The Balaban J connectivity index is 3.04. The molecule has 0 aliphatic heterocycles. The van der Waals surface area contributed by atoms with Crippen LogP contribution in [0.4, 0.5) is 0 Å². The number of hydrogen-bond acceptors (Lipinski definition) is 1. The Morgan fingerprint density at radius 2 is 2.00 bits per heavy atom. The lowest BCUT2D eigenvalue weighted by atomic mass is 10.3. The van der Waals surface area contributed by atoms with Crippen molar-refractivity contribution < 1.29 is 4.43 Å². The Labute approximate surface area is 74.6 Å². The smallest absolute Gasteiger partial charge is 0.235 e. The van der Waals surface area contributed by atoms with E-state index in [4.69, 9.17) is 4.43 Å². The van der Waals surface area contributed by atoms with E-state index in [0.29, 0.717) is 14.8 Å². The molecule has 3 heteroatoms. The highest BCUT2D eigenvalue weighted by atomic mass is 79.9. The van der Waals surface area contributed by atoms with Crippen molar-refractivity contribution in [1.82, 2.24) is 0 Å². The van der Waals surface area contributed by atoms with Crippen molar-refractivity contribution in [3.8, 4) is 0 Å². The van der Waals surface area contributed by atoms with E-state index in [9.17, 15) is 0 Å². The summed E-state index contributed by atoms with van der Waals surface area (Å²) in [7, 11) is 0.631. The zero-order chi connectivity index (χ0) is 8.04. The minimum Gasteiger partial charge on any atom is -0.417 e. The topological polar surface area (TPSA) is 9.23 Å². The van der Waals surface area contributed by atoms with E-state index >= 15 is 0 Å². The average molecular weight is 223 g/mol. The Morgan fingerprint density at radius 1 is 1.40 bits per heavy atom. The van der Waals surface area contributed by atoms with Gasteiger partial charge in [-0.3, -0.25) is 0 Å². The van der Waals surface area contributed by atoms with Gasteiger partial charge in [0, 0.05) is 11.9 Å². The summed E-state index contributed by atoms with van der Waals surface area (Å²) >= 11 is 3.35. The maximum Gasteiger partial charge on any atom is 0.235 e. The van der Waals surface area contributed by atoms with Gasteiger partial charge in [0.25, 0.3) is 0 Å². The highest BCUT2D eigenvalue weighted by molar-refractivity contribution is 9.09. The van der Waals surface area contributed by atoms with Crippen LogP contribution in [0.2, 0.25) is 5.04 Å². The van der Waals surface area contributed by atoms with Gasteiger partial charge in [0.05, 0.1) is 0 Å². The summed E-state index contributed by atoms with van der Waals surface area (Å²) in [5.41, 5.74) is 0. The van der Waals surface area contributed by atoms with Crippen molar-refractivity contribution in [2.24, 2.45) is 0 Å². The van der Waals surface area contributed by atoms with Crippen LogP contribution >= 0.6 is 15.9 Å². The first-order valence-corrected chi connectivity index (χ1v) is 5.54. The normalized spacial score (nSPS) is 12.0. The van der Waals surface area contributed by atoms with Gasteiger partial charge in [0.2, 0.25) is 9.76 Å². The molecule has 0 spiro atoms. The van der Waals surface area contributed by atoms with Crippen LogP contribution in [-0.2, 0) is 4.43 Å². The molecule has 0 heterocycles. The van der Waals surface area contributed by atoms with Crippen molar-refractivity contribution in [3.63, 3.8) is 0 Å². The molecule has 0 aromatic carbocycles. The third kappa shape index (κ3) is 8.66. The van der Waals surface area contributed by atoms with E-state index in [1.165, 1.54) is 0 Å². The predicted molar refractivity (Wildman–Crippen MR) is 49.8 cm³/mol. The molecule has 0 saturated heterocycles.